The Bertz CT molecular complexity index is 1120. The molecule has 2 aromatic carbocycles. The van der Waals surface area contributed by atoms with Gasteiger partial charge >= 0.3 is 0 Å². The molecule has 0 saturated heterocycles. The number of primary sulfonamides is 1. The number of anilines is 4. The van der Waals surface area contributed by atoms with Crippen molar-refractivity contribution in [2.75, 3.05) is 10.6 Å². The van der Waals surface area contributed by atoms with Crippen LogP contribution >= 0.6 is 46.5 Å². The highest BCUT2D eigenvalue weighted by Crippen LogP contribution is 2.39. The Balaban J connectivity index is 1.95. The fourth-order valence-corrected chi connectivity index (χ4v) is 4.14. The number of benzene rings is 2. The van der Waals surface area contributed by atoms with Crippen LogP contribution in [0.2, 0.25) is 15.1 Å². The number of sulfonamides is 1. The lowest BCUT2D eigenvalue weighted by Crippen LogP contribution is -2.13. The van der Waals surface area contributed by atoms with Crippen LogP contribution in [0.5, 0.6) is 5.75 Å². The maximum Gasteiger partial charge on any atom is 0.243 e. The van der Waals surface area contributed by atoms with Crippen LogP contribution in [0.15, 0.2) is 35.2 Å². The lowest BCUT2D eigenvalue weighted by molar-refractivity contribution is 0.461. The normalized spacial score (nSPS) is 11.4. The summed E-state index contributed by atoms with van der Waals surface area (Å²) in [7, 11) is -4.24. The summed E-state index contributed by atoms with van der Waals surface area (Å²) >= 11 is 18.8. The van der Waals surface area contributed by atoms with E-state index in [0.29, 0.717) is 15.7 Å². The van der Waals surface area contributed by atoms with Crippen LogP contribution in [-0.2, 0) is 10.0 Å². The Kier molecular flexibility index (Phi) is 5.65. The minimum absolute atomic E-state index is 0.0244. The average Bonchev–Trinajstić information content (AvgIpc) is 3.00. The number of nitrogens with two attached hydrogens (primary N) is 1. The lowest BCUT2D eigenvalue weighted by atomic mass is 10.3. The van der Waals surface area contributed by atoms with Gasteiger partial charge in [-0.2, -0.15) is 8.75 Å². The molecule has 13 heteroatoms. The monoisotopic (exact) mass is 465 g/mol. The van der Waals surface area contributed by atoms with Crippen molar-refractivity contribution >= 4 is 79.6 Å². The summed E-state index contributed by atoms with van der Waals surface area (Å²) in [6, 6.07) is 7.68. The number of rotatable bonds is 5. The van der Waals surface area contributed by atoms with E-state index < -0.39 is 20.7 Å². The molecule has 1 aromatic heterocycles. The predicted octanol–water partition coefficient (Wildman–Crippen LogP) is 4.34. The van der Waals surface area contributed by atoms with Crippen LogP contribution in [0, 0.1) is 0 Å². The van der Waals surface area contributed by atoms with Crippen molar-refractivity contribution in [2.24, 2.45) is 5.14 Å². The van der Waals surface area contributed by atoms with E-state index in [1.165, 1.54) is 12.1 Å². The van der Waals surface area contributed by atoms with Gasteiger partial charge in [0.25, 0.3) is 0 Å². The zero-order valence-corrected chi connectivity index (χ0v) is 17.0. The third-order valence-electron chi connectivity index (χ3n) is 3.31. The van der Waals surface area contributed by atoms with Crippen LogP contribution in [0.4, 0.5) is 23.0 Å². The first-order valence-corrected chi connectivity index (χ1v) is 10.4. The Labute approximate surface area is 173 Å². The van der Waals surface area contributed by atoms with Crippen molar-refractivity contribution in [3.63, 3.8) is 0 Å². The topological polar surface area (TPSA) is 130 Å². The number of phenols is 1. The van der Waals surface area contributed by atoms with E-state index in [1.54, 1.807) is 18.2 Å². The van der Waals surface area contributed by atoms with Crippen molar-refractivity contribution in [3.05, 3.63) is 45.4 Å². The Morgan fingerprint density at radius 3 is 2.22 bits per heavy atom. The maximum atomic E-state index is 11.6. The van der Waals surface area contributed by atoms with Gasteiger partial charge in [0.2, 0.25) is 10.0 Å². The van der Waals surface area contributed by atoms with Gasteiger partial charge in [-0.3, -0.25) is 0 Å². The number of hydrogen-bond acceptors (Lipinski definition) is 8. The largest absolute Gasteiger partial charge is 0.504 e. The molecule has 0 unspecified atom stereocenters. The predicted molar refractivity (Wildman–Crippen MR) is 107 cm³/mol. The molecule has 0 fully saturated rings. The lowest BCUT2D eigenvalue weighted by Gasteiger charge is -2.12. The molecule has 142 valence electrons. The molecule has 0 aliphatic heterocycles. The van der Waals surface area contributed by atoms with Gasteiger partial charge in [0.1, 0.15) is 4.90 Å². The highest BCUT2D eigenvalue weighted by Gasteiger charge is 2.22. The molecule has 0 spiro atoms. The van der Waals surface area contributed by atoms with Gasteiger partial charge in [-0.05, 0) is 24.3 Å². The van der Waals surface area contributed by atoms with Gasteiger partial charge < -0.3 is 15.7 Å². The van der Waals surface area contributed by atoms with Gasteiger partial charge in [0.15, 0.2) is 17.4 Å². The summed E-state index contributed by atoms with van der Waals surface area (Å²) in [6.07, 6.45) is 0. The molecule has 0 saturated carbocycles. The summed E-state index contributed by atoms with van der Waals surface area (Å²) < 4.78 is 31.5. The first-order valence-electron chi connectivity index (χ1n) is 7.03. The van der Waals surface area contributed by atoms with Gasteiger partial charge in [0, 0.05) is 0 Å². The van der Waals surface area contributed by atoms with E-state index in [-0.39, 0.29) is 22.3 Å². The van der Waals surface area contributed by atoms with Gasteiger partial charge in [-0.1, -0.05) is 40.9 Å². The van der Waals surface area contributed by atoms with Crippen LogP contribution in [0.3, 0.4) is 0 Å². The van der Waals surface area contributed by atoms with E-state index in [2.05, 4.69) is 19.4 Å². The summed E-state index contributed by atoms with van der Waals surface area (Å²) in [5.41, 5.74) is 0.516. The van der Waals surface area contributed by atoms with Gasteiger partial charge in [-0.15, -0.1) is 0 Å². The molecule has 3 rings (SSSR count). The van der Waals surface area contributed by atoms with Crippen LogP contribution in [-0.4, -0.2) is 22.3 Å². The molecule has 3 aromatic rings. The Morgan fingerprint density at radius 1 is 0.963 bits per heavy atom. The molecular weight excluding hydrogens is 457 g/mol. The smallest absolute Gasteiger partial charge is 0.243 e. The van der Waals surface area contributed by atoms with Crippen molar-refractivity contribution in [2.45, 2.75) is 4.90 Å². The number of halogens is 3. The first-order chi connectivity index (χ1) is 12.7. The summed E-state index contributed by atoms with van der Waals surface area (Å²) in [6.45, 7) is 0. The zero-order valence-electron chi connectivity index (χ0n) is 13.1. The van der Waals surface area contributed by atoms with Crippen LogP contribution < -0.4 is 15.8 Å². The Morgan fingerprint density at radius 2 is 1.59 bits per heavy atom. The number of hydrogen-bond donors (Lipinski definition) is 4. The average molecular weight is 467 g/mol. The van der Waals surface area contributed by atoms with Crippen molar-refractivity contribution < 1.29 is 13.5 Å². The second-order valence-electron chi connectivity index (χ2n) is 5.13. The van der Waals surface area contributed by atoms with Crippen LogP contribution in [0.1, 0.15) is 0 Å². The second kappa shape index (κ2) is 7.66. The zero-order chi connectivity index (χ0) is 19.8. The summed E-state index contributed by atoms with van der Waals surface area (Å²) in [4.78, 5) is -0.593. The van der Waals surface area contributed by atoms with Gasteiger partial charge in [-0.25, -0.2) is 13.6 Å². The quantitative estimate of drug-likeness (QED) is 0.411. The third-order valence-corrected chi connectivity index (χ3v) is 6.07. The molecule has 0 aliphatic rings. The third kappa shape index (κ3) is 4.21. The summed E-state index contributed by atoms with van der Waals surface area (Å²) in [5.74, 6) is -0.130. The molecule has 0 bridgehead atoms. The maximum absolute atomic E-state index is 11.6. The van der Waals surface area contributed by atoms with E-state index >= 15 is 0 Å². The first kappa shape index (κ1) is 19.9. The minimum Gasteiger partial charge on any atom is -0.504 e. The van der Waals surface area contributed by atoms with Gasteiger partial charge in [0.05, 0.1) is 38.2 Å². The summed E-state index contributed by atoms with van der Waals surface area (Å²) in [5, 5.41) is 21.5. The van der Waals surface area contributed by atoms with E-state index in [0.717, 1.165) is 11.7 Å². The molecule has 5 N–H and O–H groups in total. The molecule has 0 radical (unpaired) electrons. The number of aromatic nitrogens is 2. The molecule has 1 heterocycles. The Hall–Kier alpha value is -1.82. The van der Waals surface area contributed by atoms with Crippen molar-refractivity contribution in [1.29, 1.82) is 0 Å². The van der Waals surface area contributed by atoms with Crippen LogP contribution in [0.25, 0.3) is 0 Å². The number of phenolic OH excluding ortho intramolecular Hbond substituents is 1. The molecule has 0 atom stereocenters. The van der Waals surface area contributed by atoms with E-state index in [4.69, 9.17) is 39.9 Å². The molecule has 8 nitrogen and oxygen atoms in total. The van der Waals surface area contributed by atoms with E-state index in [1.807, 2.05) is 0 Å². The number of aromatic hydroxyl groups is 1. The molecule has 0 amide bonds. The molecular formula is C14H10Cl3N5O3S2. The highest BCUT2D eigenvalue weighted by molar-refractivity contribution is 7.89. The minimum atomic E-state index is -4.24. The fourth-order valence-electron chi connectivity index (χ4n) is 2.13. The van der Waals surface area contributed by atoms with E-state index in [9.17, 15) is 13.5 Å². The molecule has 27 heavy (non-hydrogen) atoms. The SMILES string of the molecule is NS(=O)(=O)c1c(Cl)ccc(Nc2nsnc2Nc2cccc(Cl)c2Cl)c1O. The van der Waals surface area contributed by atoms with Crippen molar-refractivity contribution in [1.82, 2.24) is 8.75 Å². The number of nitrogens with one attached hydrogen (secondary N) is 2. The molecule has 0 aliphatic carbocycles. The van der Waals surface area contributed by atoms with Crippen molar-refractivity contribution in [3.8, 4) is 5.75 Å². The fraction of sp³-hybridized carbons (Fsp3) is 0. The standard InChI is InChI=1S/C14H10Cl3N5O3S2/c15-6-2-1-3-8(10(6)17)19-13-14(22-26-21-13)20-9-5-4-7(16)12(11(9)23)27(18,24)25/h1-5,23H,(H,19,21)(H,20,22)(H2,18,24,25). The second-order valence-corrected chi connectivity index (χ2v) is 8.35. The number of nitrogens with zero attached hydrogens (tertiary/aromatic N) is 2. The highest BCUT2D eigenvalue weighted by atomic mass is 35.5.